The highest BCUT2D eigenvalue weighted by Crippen LogP contribution is 2.29. The zero-order valence-electron chi connectivity index (χ0n) is 13.1. The molecule has 4 nitrogen and oxygen atoms in total. The third-order valence-corrected chi connectivity index (χ3v) is 4.99. The van der Waals surface area contributed by atoms with Crippen molar-refractivity contribution < 1.29 is 4.79 Å². The zero-order valence-corrected chi connectivity index (χ0v) is 14.6. The molecule has 0 fully saturated rings. The van der Waals surface area contributed by atoms with Crippen LogP contribution in [-0.2, 0) is 13.1 Å². The number of carbonyl (C=O) groups is 1. The van der Waals surface area contributed by atoms with E-state index < -0.39 is 0 Å². The highest BCUT2D eigenvalue weighted by Gasteiger charge is 2.25. The van der Waals surface area contributed by atoms with Crippen LogP contribution in [0.1, 0.15) is 21.6 Å². The van der Waals surface area contributed by atoms with Crippen LogP contribution in [0, 0.1) is 0 Å². The molecule has 0 radical (unpaired) electrons. The average molecular weight is 370 g/mol. The van der Waals surface area contributed by atoms with E-state index in [2.05, 4.69) is 9.97 Å². The fourth-order valence-corrected chi connectivity index (χ4v) is 3.21. The van der Waals surface area contributed by atoms with Crippen LogP contribution < -0.4 is 0 Å². The first kappa shape index (κ1) is 16.1. The molecule has 1 amide bonds. The predicted octanol–water partition coefficient (Wildman–Crippen LogP) is 4.61. The molecule has 0 saturated heterocycles. The maximum Gasteiger partial charge on any atom is 0.254 e. The van der Waals surface area contributed by atoms with Crippen molar-refractivity contribution in [2.75, 3.05) is 0 Å². The Morgan fingerprint density at radius 1 is 0.960 bits per heavy atom. The summed E-state index contributed by atoms with van der Waals surface area (Å²) in [4.78, 5) is 22.7. The fraction of sp³-hybridized carbons (Fsp3) is 0.105. The third-order valence-electron chi connectivity index (χ3n) is 4.26. The first-order valence-corrected chi connectivity index (χ1v) is 8.50. The summed E-state index contributed by atoms with van der Waals surface area (Å²) >= 11 is 12.0. The molecule has 1 aliphatic rings. The Morgan fingerprint density at radius 2 is 1.72 bits per heavy atom. The molecule has 0 aliphatic carbocycles. The van der Waals surface area contributed by atoms with E-state index in [1.165, 1.54) is 6.33 Å². The normalized spacial score (nSPS) is 13.0. The van der Waals surface area contributed by atoms with Crippen molar-refractivity contribution in [2.24, 2.45) is 0 Å². The maximum absolute atomic E-state index is 12.7. The summed E-state index contributed by atoms with van der Waals surface area (Å²) in [5.41, 5.74) is 4.49. The SMILES string of the molecule is O=C(c1ccc(-c2ccc(Cl)c(Cl)c2)cc1)N1Cc2cncnc2C1. The number of benzene rings is 2. The van der Waals surface area contributed by atoms with Crippen LogP contribution in [0.4, 0.5) is 0 Å². The number of amides is 1. The first-order chi connectivity index (χ1) is 12.1. The summed E-state index contributed by atoms with van der Waals surface area (Å²) in [5.74, 6) is -0.0151. The van der Waals surface area contributed by atoms with Gasteiger partial charge in [-0.05, 0) is 35.4 Å². The van der Waals surface area contributed by atoms with Crippen LogP contribution in [0.3, 0.4) is 0 Å². The lowest BCUT2D eigenvalue weighted by Crippen LogP contribution is -2.25. The number of fused-ring (bicyclic) bond motifs is 1. The van der Waals surface area contributed by atoms with Crippen molar-refractivity contribution in [3.8, 4) is 11.1 Å². The Labute approximate surface area is 155 Å². The fourth-order valence-electron chi connectivity index (χ4n) is 2.91. The van der Waals surface area contributed by atoms with E-state index in [4.69, 9.17) is 23.2 Å². The second-order valence-electron chi connectivity index (χ2n) is 5.86. The quantitative estimate of drug-likeness (QED) is 0.662. The molecule has 1 aromatic heterocycles. The Morgan fingerprint density at radius 3 is 2.44 bits per heavy atom. The molecule has 0 unspecified atom stereocenters. The molecule has 2 aromatic carbocycles. The Kier molecular flexibility index (Phi) is 4.15. The summed E-state index contributed by atoms with van der Waals surface area (Å²) in [7, 11) is 0. The molecule has 0 N–H and O–H groups in total. The molecule has 0 spiro atoms. The van der Waals surface area contributed by atoms with Crippen LogP contribution >= 0.6 is 23.2 Å². The second kappa shape index (κ2) is 6.47. The van der Waals surface area contributed by atoms with Crippen molar-refractivity contribution in [1.29, 1.82) is 0 Å². The van der Waals surface area contributed by atoms with Gasteiger partial charge in [0.15, 0.2) is 0 Å². The van der Waals surface area contributed by atoms with Crippen molar-refractivity contribution in [3.05, 3.63) is 81.9 Å². The van der Waals surface area contributed by atoms with E-state index in [1.807, 2.05) is 36.4 Å². The average Bonchev–Trinajstić information content (AvgIpc) is 3.08. The molecule has 25 heavy (non-hydrogen) atoms. The van der Waals surface area contributed by atoms with Crippen LogP contribution in [0.5, 0.6) is 0 Å². The summed E-state index contributed by atoms with van der Waals surface area (Å²) < 4.78 is 0. The van der Waals surface area contributed by atoms with Gasteiger partial charge in [0.2, 0.25) is 0 Å². The van der Waals surface area contributed by atoms with E-state index >= 15 is 0 Å². The van der Waals surface area contributed by atoms with E-state index in [1.54, 1.807) is 17.2 Å². The van der Waals surface area contributed by atoms with Gasteiger partial charge in [-0.25, -0.2) is 9.97 Å². The smallest absolute Gasteiger partial charge is 0.254 e. The lowest BCUT2D eigenvalue weighted by Gasteiger charge is -2.15. The molecule has 0 atom stereocenters. The Bertz CT molecular complexity index is 932. The lowest BCUT2D eigenvalue weighted by atomic mass is 10.0. The van der Waals surface area contributed by atoms with E-state index in [0.29, 0.717) is 28.7 Å². The van der Waals surface area contributed by atoms with E-state index in [9.17, 15) is 4.79 Å². The lowest BCUT2D eigenvalue weighted by molar-refractivity contribution is 0.0750. The zero-order chi connectivity index (χ0) is 17.4. The van der Waals surface area contributed by atoms with Crippen LogP contribution in [-0.4, -0.2) is 20.8 Å². The Balaban J connectivity index is 1.54. The number of nitrogens with zero attached hydrogens (tertiary/aromatic N) is 3. The molecule has 6 heteroatoms. The second-order valence-corrected chi connectivity index (χ2v) is 6.68. The Hall–Kier alpha value is -2.43. The molecule has 0 saturated carbocycles. The van der Waals surface area contributed by atoms with Gasteiger partial charge in [-0.2, -0.15) is 0 Å². The standard InChI is InChI=1S/C19H13Cl2N3O/c20-16-6-5-14(7-17(16)21)12-1-3-13(4-2-12)19(25)24-9-15-8-22-11-23-18(15)10-24/h1-8,11H,9-10H2. The third kappa shape index (κ3) is 3.11. The van der Waals surface area contributed by atoms with Crippen LogP contribution in [0.15, 0.2) is 55.0 Å². The highest BCUT2D eigenvalue weighted by molar-refractivity contribution is 6.42. The van der Waals surface area contributed by atoms with Gasteiger partial charge in [-0.1, -0.05) is 41.4 Å². The molecule has 2 heterocycles. The molecular formula is C19H13Cl2N3O. The number of hydrogen-bond donors (Lipinski definition) is 0. The molecule has 4 rings (SSSR count). The molecule has 0 bridgehead atoms. The van der Waals surface area contributed by atoms with Crippen molar-refractivity contribution in [3.63, 3.8) is 0 Å². The molecule has 3 aromatic rings. The minimum atomic E-state index is -0.0151. The van der Waals surface area contributed by atoms with Crippen molar-refractivity contribution in [2.45, 2.75) is 13.1 Å². The number of halogens is 2. The number of rotatable bonds is 2. The van der Waals surface area contributed by atoms with Crippen LogP contribution in [0.25, 0.3) is 11.1 Å². The summed E-state index contributed by atoms with van der Waals surface area (Å²) in [6.45, 7) is 1.06. The summed E-state index contributed by atoms with van der Waals surface area (Å²) in [6.07, 6.45) is 3.28. The molecule has 124 valence electrons. The van der Waals surface area contributed by atoms with Gasteiger partial charge in [0.1, 0.15) is 6.33 Å². The van der Waals surface area contributed by atoms with Gasteiger partial charge in [-0.3, -0.25) is 4.79 Å². The largest absolute Gasteiger partial charge is 0.328 e. The molecular weight excluding hydrogens is 357 g/mol. The van der Waals surface area contributed by atoms with Gasteiger partial charge in [0, 0.05) is 23.9 Å². The molecule has 1 aliphatic heterocycles. The van der Waals surface area contributed by atoms with Gasteiger partial charge >= 0.3 is 0 Å². The van der Waals surface area contributed by atoms with Crippen LogP contribution in [0.2, 0.25) is 10.0 Å². The highest BCUT2D eigenvalue weighted by atomic mass is 35.5. The first-order valence-electron chi connectivity index (χ1n) is 7.74. The van der Waals surface area contributed by atoms with E-state index in [0.717, 1.165) is 22.4 Å². The topological polar surface area (TPSA) is 46.1 Å². The monoisotopic (exact) mass is 369 g/mol. The number of hydrogen-bond acceptors (Lipinski definition) is 3. The predicted molar refractivity (Wildman–Crippen MR) is 97.5 cm³/mol. The maximum atomic E-state index is 12.7. The van der Waals surface area contributed by atoms with Gasteiger partial charge in [0.25, 0.3) is 5.91 Å². The van der Waals surface area contributed by atoms with Gasteiger partial charge in [-0.15, -0.1) is 0 Å². The van der Waals surface area contributed by atoms with Gasteiger partial charge < -0.3 is 4.90 Å². The van der Waals surface area contributed by atoms with E-state index in [-0.39, 0.29) is 5.91 Å². The minimum Gasteiger partial charge on any atom is -0.328 e. The van der Waals surface area contributed by atoms with Gasteiger partial charge in [0.05, 0.1) is 22.3 Å². The summed E-state index contributed by atoms with van der Waals surface area (Å²) in [5, 5.41) is 1.03. The number of aromatic nitrogens is 2. The minimum absolute atomic E-state index is 0.0151. The van der Waals surface area contributed by atoms with Crippen molar-refractivity contribution >= 4 is 29.1 Å². The number of carbonyl (C=O) groups excluding carboxylic acids is 1. The summed E-state index contributed by atoms with van der Waals surface area (Å²) in [6, 6.07) is 13.0. The van der Waals surface area contributed by atoms with Crippen molar-refractivity contribution in [1.82, 2.24) is 14.9 Å².